The van der Waals surface area contributed by atoms with Crippen LogP contribution in [0.15, 0.2) is 24.3 Å². The second-order valence-corrected chi connectivity index (χ2v) is 5.72. The van der Waals surface area contributed by atoms with E-state index < -0.39 is 0 Å². The van der Waals surface area contributed by atoms with Gasteiger partial charge >= 0.3 is 0 Å². The van der Waals surface area contributed by atoms with Gasteiger partial charge in [-0.25, -0.2) is 0 Å². The van der Waals surface area contributed by atoms with Crippen LogP contribution in [-0.2, 0) is 11.2 Å². The zero-order valence-corrected chi connectivity index (χ0v) is 12.6. The zero-order chi connectivity index (χ0) is 14.4. The van der Waals surface area contributed by atoms with Crippen LogP contribution in [0.5, 0.6) is 0 Å². The number of hydrogen-bond acceptors (Lipinski definition) is 2. The van der Waals surface area contributed by atoms with Gasteiger partial charge in [0, 0.05) is 12.6 Å². The molecule has 0 aromatic heterocycles. The van der Waals surface area contributed by atoms with Crippen molar-refractivity contribution < 1.29 is 4.79 Å². The van der Waals surface area contributed by atoms with E-state index in [2.05, 4.69) is 48.7 Å². The lowest BCUT2D eigenvalue weighted by Crippen LogP contribution is -2.43. The first kappa shape index (κ1) is 15.0. The van der Waals surface area contributed by atoms with Crippen molar-refractivity contribution in [2.24, 2.45) is 0 Å². The molecule has 1 aliphatic rings. The molecule has 110 valence electrons. The molecule has 2 unspecified atom stereocenters. The number of hydrogen-bond donors (Lipinski definition) is 2. The highest BCUT2D eigenvalue weighted by Crippen LogP contribution is 2.17. The summed E-state index contributed by atoms with van der Waals surface area (Å²) < 4.78 is 0. The summed E-state index contributed by atoms with van der Waals surface area (Å²) in [6.45, 7) is 5.15. The average Bonchev–Trinajstić information content (AvgIpc) is 2.65. The highest BCUT2D eigenvalue weighted by molar-refractivity contribution is 5.81. The minimum atomic E-state index is -0.0529. The van der Waals surface area contributed by atoms with Gasteiger partial charge in [0.2, 0.25) is 5.91 Å². The molecule has 0 radical (unpaired) electrons. The summed E-state index contributed by atoms with van der Waals surface area (Å²) >= 11 is 0. The maximum atomic E-state index is 11.9. The van der Waals surface area contributed by atoms with Crippen LogP contribution in [0.25, 0.3) is 0 Å². The summed E-state index contributed by atoms with van der Waals surface area (Å²) in [5.74, 6) is 0.150. The number of nitrogens with one attached hydrogen (secondary N) is 2. The zero-order valence-electron chi connectivity index (χ0n) is 12.6. The first-order valence-electron chi connectivity index (χ1n) is 7.83. The van der Waals surface area contributed by atoms with E-state index in [0.717, 1.165) is 32.2 Å². The molecule has 1 aromatic rings. The molecule has 3 nitrogen and oxygen atoms in total. The van der Waals surface area contributed by atoms with Crippen LogP contribution in [0.2, 0.25) is 0 Å². The molecule has 1 saturated heterocycles. The number of carbonyl (C=O) groups excluding carboxylic acids is 1. The van der Waals surface area contributed by atoms with Gasteiger partial charge in [0.15, 0.2) is 0 Å². The van der Waals surface area contributed by atoms with Crippen molar-refractivity contribution in [3.63, 3.8) is 0 Å². The number of rotatable bonds is 5. The second-order valence-electron chi connectivity index (χ2n) is 5.72. The Kier molecular flexibility index (Phi) is 5.60. The van der Waals surface area contributed by atoms with Crippen molar-refractivity contribution in [1.82, 2.24) is 10.6 Å². The third-order valence-electron chi connectivity index (χ3n) is 4.00. The Morgan fingerprint density at radius 3 is 2.75 bits per heavy atom. The smallest absolute Gasteiger partial charge is 0.237 e. The lowest BCUT2D eigenvalue weighted by Gasteiger charge is -2.21. The van der Waals surface area contributed by atoms with Crippen molar-refractivity contribution in [3.05, 3.63) is 35.4 Å². The van der Waals surface area contributed by atoms with Crippen molar-refractivity contribution in [1.29, 1.82) is 0 Å². The summed E-state index contributed by atoms with van der Waals surface area (Å²) in [6.07, 6.45) is 5.44. The predicted molar refractivity (Wildman–Crippen MR) is 82.6 cm³/mol. The molecule has 20 heavy (non-hydrogen) atoms. The minimum Gasteiger partial charge on any atom is -0.355 e. The molecule has 0 bridgehead atoms. The first-order chi connectivity index (χ1) is 9.70. The second kappa shape index (κ2) is 7.44. The standard InChI is InChI=1S/C17H26N2O/c1-3-6-14-8-10-15(11-9-14)13(2)19-16-7-4-5-12-18-17(16)20/h8-11,13,16,19H,3-7,12H2,1-2H3,(H,18,20). The fourth-order valence-corrected chi connectivity index (χ4v) is 2.76. The van der Waals surface area contributed by atoms with Gasteiger partial charge in [-0.3, -0.25) is 10.1 Å². The molecule has 0 spiro atoms. The fourth-order valence-electron chi connectivity index (χ4n) is 2.76. The molecule has 1 amide bonds. The highest BCUT2D eigenvalue weighted by atomic mass is 16.2. The number of aryl methyl sites for hydroxylation is 1. The van der Waals surface area contributed by atoms with E-state index >= 15 is 0 Å². The fraction of sp³-hybridized carbons (Fsp3) is 0.588. The van der Waals surface area contributed by atoms with Crippen molar-refractivity contribution in [3.8, 4) is 0 Å². The molecule has 0 aliphatic carbocycles. The number of amides is 1. The third kappa shape index (κ3) is 4.07. The van der Waals surface area contributed by atoms with Gasteiger partial charge in [0.1, 0.15) is 0 Å². The normalized spacial score (nSPS) is 21.1. The van der Waals surface area contributed by atoms with E-state index in [4.69, 9.17) is 0 Å². The number of benzene rings is 1. The van der Waals surface area contributed by atoms with E-state index in [9.17, 15) is 4.79 Å². The summed E-state index contributed by atoms with van der Waals surface area (Å²) in [6, 6.07) is 8.91. The Morgan fingerprint density at radius 1 is 1.30 bits per heavy atom. The Bertz CT molecular complexity index is 427. The Balaban J connectivity index is 1.96. The van der Waals surface area contributed by atoms with Gasteiger partial charge in [0.25, 0.3) is 0 Å². The molecular formula is C17H26N2O. The molecule has 1 aliphatic heterocycles. The van der Waals surface area contributed by atoms with Crippen molar-refractivity contribution >= 4 is 5.91 Å². The average molecular weight is 274 g/mol. The molecular weight excluding hydrogens is 248 g/mol. The van der Waals surface area contributed by atoms with Gasteiger partial charge < -0.3 is 5.32 Å². The number of carbonyl (C=O) groups is 1. The maximum absolute atomic E-state index is 11.9. The molecule has 0 saturated carbocycles. The Hall–Kier alpha value is -1.35. The van der Waals surface area contributed by atoms with Crippen LogP contribution in [0.4, 0.5) is 0 Å². The van der Waals surface area contributed by atoms with Crippen LogP contribution in [0.3, 0.4) is 0 Å². The van der Waals surface area contributed by atoms with Gasteiger partial charge in [-0.1, -0.05) is 37.6 Å². The largest absolute Gasteiger partial charge is 0.355 e. The van der Waals surface area contributed by atoms with E-state index in [1.165, 1.54) is 17.5 Å². The van der Waals surface area contributed by atoms with Crippen LogP contribution in [0.1, 0.15) is 56.7 Å². The van der Waals surface area contributed by atoms with E-state index in [1.807, 2.05) is 0 Å². The van der Waals surface area contributed by atoms with E-state index in [0.29, 0.717) is 0 Å². The predicted octanol–water partition coefficient (Wildman–Crippen LogP) is 2.96. The summed E-state index contributed by atoms with van der Waals surface area (Å²) in [5, 5.41) is 6.44. The van der Waals surface area contributed by atoms with E-state index in [-0.39, 0.29) is 18.0 Å². The Morgan fingerprint density at radius 2 is 2.05 bits per heavy atom. The molecule has 2 N–H and O–H groups in total. The van der Waals surface area contributed by atoms with Crippen LogP contribution in [0, 0.1) is 0 Å². The summed E-state index contributed by atoms with van der Waals surface area (Å²) in [5.41, 5.74) is 2.64. The highest BCUT2D eigenvalue weighted by Gasteiger charge is 2.22. The molecule has 2 rings (SSSR count). The minimum absolute atomic E-state index is 0.0529. The maximum Gasteiger partial charge on any atom is 0.237 e. The topological polar surface area (TPSA) is 41.1 Å². The van der Waals surface area contributed by atoms with Crippen LogP contribution < -0.4 is 10.6 Å². The lowest BCUT2D eigenvalue weighted by molar-refractivity contribution is -0.123. The van der Waals surface area contributed by atoms with Crippen molar-refractivity contribution in [2.45, 2.75) is 58.0 Å². The van der Waals surface area contributed by atoms with Crippen LogP contribution in [-0.4, -0.2) is 18.5 Å². The first-order valence-corrected chi connectivity index (χ1v) is 7.83. The quantitative estimate of drug-likeness (QED) is 0.866. The summed E-state index contributed by atoms with van der Waals surface area (Å²) in [4.78, 5) is 11.9. The monoisotopic (exact) mass is 274 g/mol. The molecule has 1 aromatic carbocycles. The van der Waals surface area contributed by atoms with Gasteiger partial charge in [-0.05, 0) is 43.7 Å². The molecule has 3 heteroatoms. The Labute approximate surface area is 122 Å². The molecule has 1 fully saturated rings. The summed E-state index contributed by atoms with van der Waals surface area (Å²) in [7, 11) is 0. The lowest BCUT2D eigenvalue weighted by atomic mass is 10.0. The van der Waals surface area contributed by atoms with Crippen molar-refractivity contribution in [2.75, 3.05) is 6.54 Å². The SMILES string of the molecule is CCCc1ccc(C(C)NC2CCCCNC2=O)cc1. The van der Waals surface area contributed by atoms with Gasteiger partial charge in [-0.2, -0.15) is 0 Å². The molecule has 2 atom stereocenters. The molecule has 1 heterocycles. The third-order valence-corrected chi connectivity index (χ3v) is 4.00. The van der Waals surface area contributed by atoms with E-state index in [1.54, 1.807) is 0 Å². The van der Waals surface area contributed by atoms with Crippen LogP contribution >= 0.6 is 0 Å². The van der Waals surface area contributed by atoms with Gasteiger partial charge in [-0.15, -0.1) is 0 Å². The van der Waals surface area contributed by atoms with Gasteiger partial charge in [0.05, 0.1) is 6.04 Å².